The van der Waals surface area contributed by atoms with Gasteiger partial charge in [0.25, 0.3) is 11.6 Å². The monoisotopic (exact) mass is 547 g/mol. The maximum Gasteiger partial charge on any atom is 0.272 e. The lowest BCUT2D eigenvalue weighted by Gasteiger charge is -2.15. The molecule has 1 aromatic heterocycles. The van der Waals surface area contributed by atoms with Crippen LogP contribution >= 0.6 is 0 Å². The Morgan fingerprint density at radius 2 is 1.84 bits per heavy atom. The minimum Gasteiger partial charge on any atom is -0.437 e. The lowest BCUT2D eigenvalue weighted by molar-refractivity contribution is -0.385. The zero-order valence-corrected chi connectivity index (χ0v) is 22.5. The quantitative estimate of drug-likeness (QED) is 0.266. The number of halogens is 1. The van der Waals surface area contributed by atoms with E-state index in [1.165, 1.54) is 35.0 Å². The van der Waals surface area contributed by atoms with E-state index in [2.05, 4.69) is 15.1 Å². The highest BCUT2D eigenvalue weighted by Gasteiger charge is 2.28. The Morgan fingerprint density at radius 3 is 2.42 bits per heavy atom. The first-order valence-electron chi connectivity index (χ1n) is 12.0. The zero-order chi connectivity index (χ0) is 28.2. The third-order valence-electron chi connectivity index (χ3n) is 5.66. The van der Waals surface area contributed by atoms with Gasteiger partial charge in [0, 0.05) is 30.3 Å². The molecule has 0 aliphatic heterocycles. The Morgan fingerprint density at radius 1 is 1.18 bits per heavy atom. The van der Waals surface area contributed by atoms with Gasteiger partial charge in [-0.2, -0.15) is 9.78 Å². The number of non-ortho nitro benzene ring substituents is 1. The fourth-order valence-electron chi connectivity index (χ4n) is 3.33. The second-order valence-electron chi connectivity index (χ2n) is 9.19. The second kappa shape index (κ2) is 11.7. The van der Waals surface area contributed by atoms with Gasteiger partial charge in [-0.3, -0.25) is 14.9 Å². The number of sulfonamides is 1. The molecule has 0 unspecified atom stereocenters. The fourth-order valence-corrected chi connectivity index (χ4v) is 4.69. The van der Waals surface area contributed by atoms with Crippen LogP contribution in [-0.2, 0) is 10.0 Å². The van der Waals surface area contributed by atoms with Crippen LogP contribution in [0.15, 0.2) is 47.4 Å². The molecule has 1 heterocycles. The Labute approximate surface area is 220 Å². The number of nitrogens with zero attached hydrogens (tertiary/aromatic N) is 3. The van der Waals surface area contributed by atoms with E-state index >= 15 is 0 Å². The van der Waals surface area contributed by atoms with Crippen LogP contribution in [0.3, 0.4) is 0 Å². The summed E-state index contributed by atoms with van der Waals surface area (Å²) in [5.74, 6) is -1.22. The van der Waals surface area contributed by atoms with E-state index in [-0.39, 0.29) is 41.4 Å². The van der Waals surface area contributed by atoms with Gasteiger partial charge in [-0.25, -0.2) is 17.5 Å². The van der Waals surface area contributed by atoms with Crippen LogP contribution < -0.4 is 14.8 Å². The number of rotatable bonds is 11. The number of hydrogen-bond donors (Lipinski definition) is 2. The van der Waals surface area contributed by atoms with Crippen molar-refractivity contribution >= 4 is 21.6 Å². The highest BCUT2D eigenvalue weighted by molar-refractivity contribution is 7.89. The predicted octanol–water partition coefficient (Wildman–Crippen LogP) is 4.48. The zero-order valence-electron chi connectivity index (χ0n) is 21.7. The lowest BCUT2D eigenvalue weighted by atomic mass is 10.2. The number of carbonyl (C=O) groups is 1. The molecule has 38 heavy (non-hydrogen) atoms. The Bertz CT molecular complexity index is 1440. The van der Waals surface area contributed by atoms with E-state index in [9.17, 15) is 27.7 Å². The number of carbonyl (C=O) groups excluding carboxylic acids is 1. The summed E-state index contributed by atoms with van der Waals surface area (Å²) >= 11 is 0. The van der Waals surface area contributed by atoms with Crippen molar-refractivity contribution in [2.75, 3.05) is 6.54 Å². The molecule has 0 spiro atoms. The van der Waals surface area contributed by atoms with Gasteiger partial charge in [0.15, 0.2) is 5.69 Å². The fraction of sp³-hybridized carbons (Fsp3) is 0.360. The smallest absolute Gasteiger partial charge is 0.272 e. The van der Waals surface area contributed by atoms with Crippen molar-refractivity contribution in [2.24, 2.45) is 5.92 Å². The summed E-state index contributed by atoms with van der Waals surface area (Å²) in [6.45, 7) is 9.03. The van der Waals surface area contributed by atoms with Gasteiger partial charge in [0.2, 0.25) is 15.9 Å². The first-order valence-corrected chi connectivity index (χ1v) is 13.4. The minimum absolute atomic E-state index is 0.0138. The van der Waals surface area contributed by atoms with Crippen molar-refractivity contribution in [3.05, 3.63) is 69.7 Å². The van der Waals surface area contributed by atoms with E-state index in [1.54, 1.807) is 6.92 Å². The molecular weight excluding hydrogens is 517 g/mol. The van der Waals surface area contributed by atoms with E-state index in [4.69, 9.17) is 4.74 Å². The van der Waals surface area contributed by atoms with Crippen LogP contribution in [0.2, 0.25) is 0 Å². The summed E-state index contributed by atoms with van der Waals surface area (Å²) in [6.07, 6.45) is 0.681. The molecular formula is C25H30FN5O6S. The molecule has 0 fully saturated rings. The third kappa shape index (κ3) is 6.53. The maximum atomic E-state index is 13.6. The number of nitro benzene ring substituents is 1. The van der Waals surface area contributed by atoms with Crippen LogP contribution in [0.4, 0.5) is 10.1 Å². The predicted molar refractivity (Wildman–Crippen MR) is 139 cm³/mol. The first kappa shape index (κ1) is 28.7. The van der Waals surface area contributed by atoms with Crippen molar-refractivity contribution in [1.29, 1.82) is 0 Å². The lowest BCUT2D eigenvalue weighted by Crippen LogP contribution is -2.32. The highest BCUT2D eigenvalue weighted by Crippen LogP contribution is 2.35. The van der Waals surface area contributed by atoms with Gasteiger partial charge in [-0.1, -0.05) is 20.8 Å². The molecule has 3 aromatic rings. The SMILES string of the molecule is CC[C@H](C)NC(=O)c1nn(-c2ccc(F)cc2)c(Oc2ccc([N+](=O)[O-])cc2S(=O)(=O)NCC(C)C)c1C. The van der Waals surface area contributed by atoms with Gasteiger partial charge in [-0.05, 0) is 56.5 Å². The van der Waals surface area contributed by atoms with Crippen molar-refractivity contribution in [2.45, 2.75) is 52.0 Å². The van der Waals surface area contributed by atoms with E-state index in [0.29, 0.717) is 12.1 Å². The number of amides is 1. The average Bonchev–Trinajstić information content (AvgIpc) is 3.19. The number of nitro groups is 1. The number of hydrogen-bond acceptors (Lipinski definition) is 7. The largest absolute Gasteiger partial charge is 0.437 e. The third-order valence-corrected chi connectivity index (χ3v) is 7.11. The van der Waals surface area contributed by atoms with E-state index in [1.807, 2.05) is 27.7 Å². The molecule has 13 heteroatoms. The van der Waals surface area contributed by atoms with Crippen molar-refractivity contribution in [3.8, 4) is 17.3 Å². The molecule has 1 amide bonds. The maximum absolute atomic E-state index is 13.6. The van der Waals surface area contributed by atoms with Crippen LogP contribution in [-0.4, -0.2) is 41.6 Å². The standard InChI is InChI=1S/C25H30FN5O6S/c1-6-16(4)28-24(32)23-17(5)25(30(29-23)19-9-7-18(26)8-10-19)37-21-12-11-20(31(33)34)13-22(21)38(35,36)27-14-15(2)3/h7-13,15-16,27H,6,14H2,1-5H3,(H,28,32)/t16-/m0/s1. The number of ether oxygens (including phenoxy) is 1. The minimum atomic E-state index is -4.22. The van der Waals surface area contributed by atoms with Crippen LogP contribution in [0.25, 0.3) is 5.69 Å². The topological polar surface area (TPSA) is 145 Å². The molecule has 0 aliphatic carbocycles. The summed E-state index contributed by atoms with van der Waals surface area (Å²) in [5, 5.41) is 18.6. The Balaban J connectivity index is 2.18. The van der Waals surface area contributed by atoms with Gasteiger partial charge in [0.05, 0.1) is 10.6 Å². The van der Waals surface area contributed by atoms with E-state index in [0.717, 1.165) is 12.1 Å². The average molecular weight is 548 g/mol. The number of benzene rings is 2. The highest BCUT2D eigenvalue weighted by atomic mass is 32.2. The molecule has 2 aromatic carbocycles. The van der Waals surface area contributed by atoms with Crippen molar-refractivity contribution in [1.82, 2.24) is 19.8 Å². The molecule has 0 radical (unpaired) electrons. The van der Waals surface area contributed by atoms with Crippen molar-refractivity contribution in [3.63, 3.8) is 0 Å². The molecule has 0 saturated heterocycles. The number of aromatic nitrogens is 2. The Kier molecular flexibility index (Phi) is 8.84. The van der Waals surface area contributed by atoms with Gasteiger partial charge < -0.3 is 10.1 Å². The molecule has 11 nitrogen and oxygen atoms in total. The summed E-state index contributed by atoms with van der Waals surface area (Å²) in [6, 6.07) is 8.29. The molecule has 0 aliphatic rings. The molecule has 0 saturated carbocycles. The molecule has 1 atom stereocenters. The molecule has 3 rings (SSSR count). The normalized spacial score (nSPS) is 12.4. The van der Waals surface area contributed by atoms with Gasteiger partial charge >= 0.3 is 0 Å². The van der Waals surface area contributed by atoms with Gasteiger partial charge in [0.1, 0.15) is 16.5 Å². The van der Waals surface area contributed by atoms with Crippen molar-refractivity contribution < 1.29 is 27.3 Å². The molecule has 0 bridgehead atoms. The summed E-state index contributed by atoms with van der Waals surface area (Å²) < 4.78 is 49.6. The summed E-state index contributed by atoms with van der Waals surface area (Å²) in [7, 11) is -4.22. The molecule has 204 valence electrons. The van der Waals surface area contributed by atoms with Crippen LogP contribution in [0.5, 0.6) is 11.6 Å². The van der Waals surface area contributed by atoms with Crippen LogP contribution in [0, 0.1) is 28.8 Å². The second-order valence-corrected chi connectivity index (χ2v) is 10.9. The summed E-state index contributed by atoms with van der Waals surface area (Å²) in [5.41, 5.74) is 0.205. The number of nitrogens with one attached hydrogen (secondary N) is 2. The Hall–Kier alpha value is -3.84. The summed E-state index contributed by atoms with van der Waals surface area (Å²) in [4.78, 5) is 23.2. The van der Waals surface area contributed by atoms with Gasteiger partial charge in [-0.15, -0.1) is 0 Å². The van der Waals surface area contributed by atoms with Crippen LogP contribution in [0.1, 0.15) is 50.2 Å². The molecule has 2 N–H and O–H groups in total. The van der Waals surface area contributed by atoms with E-state index < -0.39 is 37.3 Å². The first-order chi connectivity index (χ1) is 17.8.